The molecule has 0 saturated carbocycles. The number of aromatic nitrogens is 2. The van der Waals surface area contributed by atoms with E-state index in [0.29, 0.717) is 18.9 Å². The lowest BCUT2D eigenvalue weighted by Gasteiger charge is -2.27. The molecule has 0 bridgehead atoms. The number of hydrogen-bond donors (Lipinski definition) is 3. The predicted octanol–water partition coefficient (Wildman–Crippen LogP) is 2.13. The third-order valence-electron chi connectivity index (χ3n) is 4.27. The Morgan fingerprint density at radius 1 is 1.62 bits per heavy atom. The molecule has 21 heavy (non-hydrogen) atoms. The van der Waals surface area contributed by atoms with Gasteiger partial charge in [0.25, 0.3) is 0 Å². The van der Waals surface area contributed by atoms with Crippen molar-refractivity contribution >= 4 is 5.91 Å². The van der Waals surface area contributed by atoms with Gasteiger partial charge in [0.15, 0.2) is 0 Å². The molecule has 0 aromatic carbocycles. The Hall–Kier alpha value is -1.36. The molecular formula is C16H27N3O2. The fourth-order valence-corrected chi connectivity index (χ4v) is 2.82. The van der Waals surface area contributed by atoms with Gasteiger partial charge in [0.05, 0.1) is 17.7 Å². The van der Waals surface area contributed by atoms with Crippen molar-refractivity contribution < 1.29 is 9.90 Å². The van der Waals surface area contributed by atoms with Gasteiger partial charge in [-0.25, -0.2) is 0 Å². The molecule has 1 aromatic rings. The van der Waals surface area contributed by atoms with E-state index in [0.717, 1.165) is 36.9 Å². The minimum Gasteiger partial charge on any atom is -0.388 e. The zero-order valence-corrected chi connectivity index (χ0v) is 13.3. The second-order valence-corrected chi connectivity index (χ2v) is 6.90. The summed E-state index contributed by atoms with van der Waals surface area (Å²) in [5.41, 5.74) is 1.25. The molecule has 118 valence electrons. The van der Waals surface area contributed by atoms with Gasteiger partial charge in [-0.05, 0) is 44.9 Å². The summed E-state index contributed by atoms with van der Waals surface area (Å²) in [6, 6.07) is 0. The number of aliphatic hydroxyl groups is 1. The summed E-state index contributed by atoms with van der Waals surface area (Å²) >= 11 is 0. The van der Waals surface area contributed by atoms with E-state index >= 15 is 0 Å². The highest BCUT2D eigenvalue weighted by atomic mass is 16.3. The number of carbonyl (C=O) groups excluding carboxylic acids is 1. The Labute approximate surface area is 126 Å². The van der Waals surface area contributed by atoms with Gasteiger partial charge in [-0.1, -0.05) is 13.8 Å². The lowest BCUT2D eigenvalue weighted by molar-refractivity contribution is -0.124. The third-order valence-corrected chi connectivity index (χ3v) is 4.27. The highest BCUT2D eigenvalue weighted by molar-refractivity contribution is 5.84. The average Bonchev–Trinajstić information content (AvgIpc) is 2.91. The van der Waals surface area contributed by atoms with E-state index in [1.165, 1.54) is 0 Å². The van der Waals surface area contributed by atoms with Gasteiger partial charge in [0, 0.05) is 17.8 Å². The number of nitrogens with one attached hydrogen (secondary N) is 2. The van der Waals surface area contributed by atoms with Crippen molar-refractivity contribution in [2.75, 3.05) is 6.54 Å². The lowest BCUT2D eigenvalue weighted by atomic mass is 9.86. The molecule has 2 atom stereocenters. The number of aryl methyl sites for hydroxylation is 1. The Morgan fingerprint density at radius 2 is 2.38 bits per heavy atom. The molecule has 2 rings (SSSR count). The molecule has 1 aliphatic carbocycles. The molecule has 1 aromatic heterocycles. The Morgan fingerprint density at radius 3 is 3.10 bits per heavy atom. The Kier molecular flexibility index (Phi) is 5.04. The molecule has 5 heteroatoms. The predicted molar refractivity (Wildman–Crippen MR) is 82.0 cm³/mol. The zero-order valence-electron chi connectivity index (χ0n) is 13.3. The van der Waals surface area contributed by atoms with Crippen LogP contribution in [0.25, 0.3) is 0 Å². The standard InChI is InChI=1S/C16H27N3O2/c1-11(2)7-8-16(3,21)10-17-15(20)12-5-4-6-14-13(12)9-18-19-14/h9,11-12,21H,4-8,10H2,1-3H3,(H,17,20)(H,18,19). The number of carbonyl (C=O) groups is 1. The number of rotatable bonds is 6. The Balaban J connectivity index is 1.88. The largest absolute Gasteiger partial charge is 0.388 e. The summed E-state index contributed by atoms with van der Waals surface area (Å²) in [5.74, 6) is 0.426. The smallest absolute Gasteiger partial charge is 0.227 e. The van der Waals surface area contributed by atoms with Gasteiger partial charge < -0.3 is 10.4 Å². The average molecular weight is 293 g/mol. The molecule has 0 spiro atoms. The quantitative estimate of drug-likeness (QED) is 0.752. The second kappa shape index (κ2) is 6.60. The maximum atomic E-state index is 12.4. The SMILES string of the molecule is CC(C)CCC(C)(O)CNC(=O)C1CCCc2[nH]ncc21. The fourth-order valence-electron chi connectivity index (χ4n) is 2.82. The first-order chi connectivity index (χ1) is 9.89. The highest BCUT2D eigenvalue weighted by Gasteiger charge is 2.29. The number of nitrogens with zero attached hydrogens (tertiary/aromatic N) is 1. The number of hydrogen-bond acceptors (Lipinski definition) is 3. The number of fused-ring (bicyclic) bond motifs is 1. The van der Waals surface area contributed by atoms with Crippen LogP contribution in [0.2, 0.25) is 0 Å². The maximum Gasteiger partial charge on any atom is 0.227 e. The molecule has 0 fully saturated rings. The first-order valence-corrected chi connectivity index (χ1v) is 7.91. The van der Waals surface area contributed by atoms with Gasteiger partial charge in [-0.15, -0.1) is 0 Å². The van der Waals surface area contributed by atoms with Crippen LogP contribution >= 0.6 is 0 Å². The molecule has 5 nitrogen and oxygen atoms in total. The minimum atomic E-state index is -0.839. The van der Waals surface area contributed by atoms with Crippen molar-refractivity contribution in [1.82, 2.24) is 15.5 Å². The zero-order chi connectivity index (χ0) is 15.5. The van der Waals surface area contributed by atoms with E-state index in [1.807, 2.05) is 0 Å². The van der Waals surface area contributed by atoms with E-state index < -0.39 is 5.60 Å². The van der Waals surface area contributed by atoms with Gasteiger partial charge in [0.1, 0.15) is 0 Å². The van der Waals surface area contributed by atoms with Crippen molar-refractivity contribution in [2.45, 2.75) is 64.4 Å². The van der Waals surface area contributed by atoms with Crippen molar-refractivity contribution in [2.24, 2.45) is 5.92 Å². The Bertz CT molecular complexity index is 480. The number of amides is 1. The van der Waals surface area contributed by atoms with Crippen LogP contribution in [0.4, 0.5) is 0 Å². The lowest BCUT2D eigenvalue weighted by Crippen LogP contribution is -2.42. The van der Waals surface area contributed by atoms with E-state index in [9.17, 15) is 9.90 Å². The van der Waals surface area contributed by atoms with Crippen LogP contribution in [0.1, 0.15) is 63.6 Å². The first-order valence-electron chi connectivity index (χ1n) is 7.91. The van der Waals surface area contributed by atoms with Crippen molar-refractivity contribution in [3.63, 3.8) is 0 Å². The molecular weight excluding hydrogens is 266 g/mol. The first kappa shape index (κ1) is 16.0. The van der Waals surface area contributed by atoms with E-state index in [1.54, 1.807) is 13.1 Å². The molecule has 3 N–H and O–H groups in total. The van der Waals surface area contributed by atoms with Crippen LogP contribution in [-0.4, -0.2) is 33.4 Å². The van der Waals surface area contributed by atoms with Crippen molar-refractivity contribution in [1.29, 1.82) is 0 Å². The van der Waals surface area contributed by atoms with Crippen LogP contribution in [0.3, 0.4) is 0 Å². The van der Waals surface area contributed by atoms with Gasteiger partial charge in [0.2, 0.25) is 5.91 Å². The molecule has 0 saturated heterocycles. The molecule has 0 radical (unpaired) electrons. The van der Waals surface area contributed by atoms with Crippen LogP contribution < -0.4 is 5.32 Å². The second-order valence-electron chi connectivity index (χ2n) is 6.90. The molecule has 1 amide bonds. The normalized spacial score (nSPS) is 20.9. The third kappa shape index (κ3) is 4.30. The van der Waals surface area contributed by atoms with Crippen LogP contribution in [0.5, 0.6) is 0 Å². The molecule has 1 aliphatic rings. The summed E-state index contributed by atoms with van der Waals surface area (Å²) in [4.78, 5) is 12.4. The maximum absolute atomic E-state index is 12.4. The van der Waals surface area contributed by atoms with E-state index in [2.05, 4.69) is 29.4 Å². The van der Waals surface area contributed by atoms with Crippen molar-refractivity contribution in [3.8, 4) is 0 Å². The van der Waals surface area contributed by atoms with Crippen molar-refractivity contribution in [3.05, 3.63) is 17.5 Å². The summed E-state index contributed by atoms with van der Waals surface area (Å²) in [6.07, 6.45) is 6.23. The van der Waals surface area contributed by atoms with Gasteiger partial charge in [-0.2, -0.15) is 5.10 Å². The van der Waals surface area contributed by atoms with E-state index in [4.69, 9.17) is 0 Å². The van der Waals surface area contributed by atoms with Crippen LogP contribution in [0, 0.1) is 5.92 Å². The van der Waals surface area contributed by atoms with Crippen LogP contribution in [-0.2, 0) is 11.2 Å². The highest BCUT2D eigenvalue weighted by Crippen LogP contribution is 2.30. The minimum absolute atomic E-state index is 0.00201. The number of H-pyrrole nitrogens is 1. The fraction of sp³-hybridized carbons (Fsp3) is 0.750. The molecule has 1 heterocycles. The summed E-state index contributed by atoms with van der Waals surface area (Å²) in [7, 11) is 0. The van der Waals surface area contributed by atoms with Gasteiger partial charge in [-0.3, -0.25) is 9.89 Å². The number of aromatic amines is 1. The summed E-state index contributed by atoms with van der Waals surface area (Å²) in [5, 5.41) is 20.3. The van der Waals surface area contributed by atoms with E-state index in [-0.39, 0.29) is 11.8 Å². The molecule has 2 unspecified atom stereocenters. The monoisotopic (exact) mass is 293 g/mol. The summed E-state index contributed by atoms with van der Waals surface area (Å²) in [6.45, 7) is 6.37. The van der Waals surface area contributed by atoms with Gasteiger partial charge >= 0.3 is 0 Å². The topological polar surface area (TPSA) is 78.0 Å². The molecule has 0 aliphatic heterocycles. The summed E-state index contributed by atoms with van der Waals surface area (Å²) < 4.78 is 0. The van der Waals surface area contributed by atoms with Crippen LogP contribution in [0.15, 0.2) is 6.20 Å².